The highest BCUT2D eigenvalue weighted by molar-refractivity contribution is 5.09. The van der Waals surface area contributed by atoms with Gasteiger partial charge >= 0.3 is 0 Å². The second-order valence-corrected chi connectivity index (χ2v) is 5.43. The normalized spacial score (nSPS) is 31.3. The second-order valence-electron chi connectivity index (χ2n) is 5.43. The van der Waals surface area contributed by atoms with E-state index in [4.69, 9.17) is 4.52 Å². The van der Waals surface area contributed by atoms with Gasteiger partial charge in [0.2, 0.25) is 5.89 Å². The van der Waals surface area contributed by atoms with Crippen LogP contribution in [0.25, 0.3) is 0 Å². The molecule has 0 radical (unpaired) electrons. The molecule has 1 aliphatic carbocycles. The minimum absolute atomic E-state index is 0.0489. The third kappa shape index (κ3) is 1.65. The number of nitrogens with zero attached hydrogens (tertiary/aromatic N) is 2. The molecule has 1 aromatic heterocycles. The Hall–Kier alpha value is -0.900. The van der Waals surface area contributed by atoms with E-state index < -0.39 is 0 Å². The molecule has 1 saturated heterocycles. The Balaban J connectivity index is 1.79. The molecule has 0 amide bonds. The van der Waals surface area contributed by atoms with Crippen LogP contribution >= 0.6 is 0 Å². The van der Waals surface area contributed by atoms with Crippen molar-refractivity contribution >= 4 is 0 Å². The van der Waals surface area contributed by atoms with Gasteiger partial charge in [-0.3, -0.25) is 0 Å². The van der Waals surface area contributed by atoms with E-state index in [1.54, 1.807) is 0 Å². The van der Waals surface area contributed by atoms with E-state index in [1.807, 2.05) is 0 Å². The maximum atomic E-state index is 5.46. The van der Waals surface area contributed by atoms with Crippen LogP contribution in [0.15, 0.2) is 4.52 Å². The molecule has 1 unspecified atom stereocenters. The summed E-state index contributed by atoms with van der Waals surface area (Å²) < 4.78 is 5.46. The molecule has 2 fully saturated rings. The van der Waals surface area contributed by atoms with Crippen molar-refractivity contribution in [2.24, 2.45) is 0 Å². The number of nitrogens with one attached hydrogen (secondary N) is 1. The van der Waals surface area contributed by atoms with E-state index >= 15 is 0 Å². The Labute approximate surface area is 95.8 Å². The smallest absolute Gasteiger partial charge is 0.233 e. The van der Waals surface area contributed by atoms with E-state index in [-0.39, 0.29) is 5.41 Å². The molecule has 16 heavy (non-hydrogen) atoms. The Morgan fingerprint density at radius 1 is 1.38 bits per heavy atom. The first kappa shape index (κ1) is 10.3. The predicted octanol–water partition coefficient (Wildman–Crippen LogP) is 1.98. The highest BCUT2D eigenvalue weighted by atomic mass is 16.5. The van der Waals surface area contributed by atoms with E-state index in [0.717, 1.165) is 31.2 Å². The van der Waals surface area contributed by atoms with Crippen molar-refractivity contribution in [1.29, 1.82) is 0 Å². The lowest BCUT2D eigenvalue weighted by Gasteiger charge is -2.30. The largest absolute Gasteiger partial charge is 0.339 e. The Morgan fingerprint density at radius 2 is 2.25 bits per heavy atom. The molecule has 0 aromatic carbocycles. The number of rotatable bonds is 2. The molecular weight excluding hydrogens is 202 g/mol. The van der Waals surface area contributed by atoms with E-state index in [2.05, 4.69) is 22.4 Å². The van der Waals surface area contributed by atoms with Crippen molar-refractivity contribution in [1.82, 2.24) is 15.5 Å². The number of aromatic nitrogens is 2. The van der Waals surface area contributed by atoms with Crippen LogP contribution in [-0.2, 0) is 5.41 Å². The van der Waals surface area contributed by atoms with Crippen molar-refractivity contribution in [3.63, 3.8) is 0 Å². The van der Waals surface area contributed by atoms with Crippen LogP contribution in [-0.4, -0.2) is 23.2 Å². The van der Waals surface area contributed by atoms with Gasteiger partial charge in [-0.05, 0) is 39.2 Å². The van der Waals surface area contributed by atoms with Crippen molar-refractivity contribution in [3.05, 3.63) is 11.7 Å². The van der Waals surface area contributed by atoms with Crippen LogP contribution in [0.3, 0.4) is 0 Å². The van der Waals surface area contributed by atoms with Gasteiger partial charge in [-0.2, -0.15) is 4.98 Å². The zero-order valence-corrected chi connectivity index (χ0v) is 9.83. The predicted molar refractivity (Wildman–Crippen MR) is 60.3 cm³/mol. The van der Waals surface area contributed by atoms with Crippen molar-refractivity contribution in [3.8, 4) is 0 Å². The van der Waals surface area contributed by atoms with E-state index in [9.17, 15) is 0 Å². The summed E-state index contributed by atoms with van der Waals surface area (Å²) in [6, 6.07) is 0. The highest BCUT2D eigenvalue weighted by Gasteiger charge is 2.35. The summed E-state index contributed by atoms with van der Waals surface area (Å²) in [6.07, 6.45) is 6.11. The van der Waals surface area contributed by atoms with Crippen LogP contribution in [0.2, 0.25) is 0 Å². The summed E-state index contributed by atoms with van der Waals surface area (Å²) in [4.78, 5) is 4.61. The lowest BCUT2D eigenvalue weighted by atomic mass is 9.82. The third-order valence-electron chi connectivity index (χ3n) is 4.03. The average Bonchev–Trinajstić information content (AvgIpc) is 2.66. The van der Waals surface area contributed by atoms with Crippen molar-refractivity contribution < 1.29 is 4.52 Å². The van der Waals surface area contributed by atoms with Gasteiger partial charge in [0.15, 0.2) is 5.82 Å². The highest BCUT2D eigenvalue weighted by Crippen LogP contribution is 2.36. The standard InChI is InChI=1S/C12H19N3O/c1-12(6-3-7-13-8-12)11-14-10(15-16-11)9-4-2-5-9/h9,13H,2-8H2,1H3. The maximum Gasteiger partial charge on any atom is 0.233 e. The summed E-state index contributed by atoms with van der Waals surface area (Å²) in [5, 5.41) is 7.56. The Kier molecular flexibility index (Phi) is 2.46. The van der Waals surface area contributed by atoms with Crippen LogP contribution < -0.4 is 5.32 Å². The summed E-state index contributed by atoms with van der Waals surface area (Å²) in [5.41, 5.74) is 0.0489. The fraction of sp³-hybridized carbons (Fsp3) is 0.833. The van der Waals surface area contributed by atoms with Gasteiger partial charge in [0.25, 0.3) is 0 Å². The first-order valence-corrected chi connectivity index (χ1v) is 6.33. The quantitative estimate of drug-likeness (QED) is 0.829. The van der Waals surface area contributed by atoms with Crippen LogP contribution in [0.1, 0.15) is 56.7 Å². The van der Waals surface area contributed by atoms with E-state index in [1.165, 1.54) is 25.7 Å². The summed E-state index contributed by atoms with van der Waals surface area (Å²) >= 11 is 0. The Bertz CT molecular complexity index is 364. The fourth-order valence-corrected chi connectivity index (χ4v) is 2.55. The third-order valence-corrected chi connectivity index (χ3v) is 4.03. The Morgan fingerprint density at radius 3 is 2.88 bits per heavy atom. The molecule has 3 rings (SSSR count). The number of hydrogen-bond acceptors (Lipinski definition) is 4. The lowest BCUT2D eigenvalue weighted by Crippen LogP contribution is -2.41. The van der Waals surface area contributed by atoms with Crippen molar-refractivity contribution in [2.75, 3.05) is 13.1 Å². The minimum Gasteiger partial charge on any atom is -0.339 e. The van der Waals surface area contributed by atoms with Gasteiger partial charge < -0.3 is 9.84 Å². The molecule has 88 valence electrons. The van der Waals surface area contributed by atoms with Crippen LogP contribution in [0, 0.1) is 0 Å². The topological polar surface area (TPSA) is 51.0 Å². The lowest BCUT2D eigenvalue weighted by molar-refractivity contribution is 0.243. The summed E-state index contributed by atoms with van der Waals surface area (Å²) in [6.45, 7) is 4.29. The molecule has 1 atom stereocenters. The van der Waals surface area contributed by atoms with Gasteiger partial charge in [0.05, 0.1) is 5.41 Å². The second kappa shape index (κ2) is 3.84. The average molecular weight is 221 g/mol. The molecule has 4 heteroatoms. The maximum absolute atomic E-state index is 5.46. The van der Waals surface area contributed by atoms with Gasteiger partial charge in [-0.15, -0.1) is 0 Å². The van der Waals surface area contributed by atoms with E-state index in [0.29, 0.717) is 5.92 Å². The molecular formula is C12H19N3O. The van der Waals surface area contributed by atoms with Gasteiger partial charge in [0, 0.05) is 12.5 Å². The molecule has 1 aliphatic heterocycles. The SMILES string of the molecule is CC1(c2nc(C3CCC3)no2)CCCNC1. The molecule has 1 aromatic rings. The van der Waals surface area contributed by atoms with Crippen molar-refractivity contribution in [2.45, 2.75) is 50.4 Å². The van der Waals surface area contributed by atoms with Crippen LogP contribution in [0.5, 0.6) is 0 Å². The van der Waals surface area contributed by atoms with Gasteiger partial charge in [-0.25, -0.2) is 0 Å². The first-order chi connectivity index (χ1) is 7.78. The zero-order valence-electron chi connectivity index (χ0n) is 9.83. The molecule has 0 spiro atoms. The minimum atomic E-state index is 0.0489. The molecule has 2 heterocycles. The van der Waals surface area contributed by atoms with Gasteiger partial charge in [0.1, 0.15) is 0 Å². The number of piperidine rings is 1. The monoisotopic (exact) mass is 221 g/mol. The molecule has 0 bridgehead atoms. The molecule has 1 saturated carbocycles. The van der Waals surface area contributed by atoms with Gasteiger partial charge in [-0.1, -0.05) is 11.6 Å². The summed E-state index contributed by atoms with van der Waals surface area (Å²) in [5.74, 6) is 2.34. The van der Waals surface area contributed by atoms with Crippen LogP contribution in [0.4, 0.5) is 0 Å². The molecule has 4 nitrogen and oxygen atoms in total. The number of hydrogen-bond donors (Lipinski definition) is 1. The summed E-state index contributed by atoms with van der Waals surface area (Å²) in [7, 11) is 0. The molecule has 2 aliphatic rings. The zero-order chi connectivity index (χ0) is 11.0. The fourth-order valence-electron chi connectivity index (χ4n) is 2.55. The first-order valence-electron chi connectivity index (χ1n) is 6.33. The molecule has 1 N–H and O–H groups in total.